The number of halogens is 6. The Morgan fingerprint density at radius 2 is 1.79 bits per heavy atom. The maximum absolute atomic E-state index is 12.7. The van der Waals surface area contributed by atoms with Crippen molar-refractivity contribution < 1.29 is 26.3 Å². The van der Waals surface area contributed by atoms with Crippen molar-refractivity contribution in [3.05, 3.63) is 18.0 Å². The molecule has 0 atom stereocenters. The van der Waals surface area contributed by atoms with Crippen molar-refractivity contribution in [2.24, 2.45) is 10.9 Å². The lowest BCUT2D eigenvalue weighted by Crippen LogP contribution is -2.46. The summed E-state index contributed by atoms with van der Waals surface area (Å²) >= 11 is 0. The van der Waals surface area contributed by atoms with Crippen LogP contribution in [0.5, 0.6) is 0 Å². The summed E-state index contributed by atoms with van der Waals surface area (Å²) in [4.78, 5) is 11.1. The van der Waals surface area contributed by atoms with Gasteiger partial charge in [0.15, 0.2) is 5.96 Å². The lowest BCUT2D eigenvalue weighted by atomic mass is 9.85. The van der Waals surface area contributed by atoms with Crippen molar-refractivity contribution in [3.8, 4) is 0 Å². The zero-order valence-corrected chi connectivity index (χ0v) is 15.2. The Morgan fingerprint density at radius 1 is 1.11 bits per heavy atom. The molecule has 0 aliphatic heterocycles. The Hall–Kier alpha value is -2.27. The Balaban J connectivity index is 1.72. The van der Waals surface area contributed by atoms with Crippen LogP contribution in [0.15, 0.2) is 17.3 Å². The molecule has 0 amide bonds. The number of aliphatic imine (C=N–C) groups is 1. The van der Waals surface area contributed by atoms with Crippen LogP contribution in [0.4, 0.5) is 32.3 Å². The molecule has 12 heteroatoms. The van der Waals surface area contributed by atoms with Crippen LogP contribution >= 0.6 is 0 Å². The maximum atomic E-state index is 12.7. The third-order valence-corrected chi connectivity index (χ3v) is 4.40. The van der Waals surface area contributed by atoms with Crippen molar-refractivity contribution in [1.82, 2.24) is 20.6 Å². The van der Waals surface area contributed by atoms with Crippen molar-refractivity contribution in [2.45, 2.75) is 44.1 Å². The van der Waals surface area contributed by atoms with E-state index in [2.05, 4.69) is 30.9 Å². The summed E-state index contributed by atoms with van der Waals surface area (Å²) < 4.78 is 75.9. The van der Waals surface area contributed by atoms with E-state index in [1.54, 1.807) is 0 Å². The standard InChI is InChI=1S/C16H22F6N6/c1-23-13(27-11-4-2-10(3-5-11)15(17,18)19)25-8-9-26-14-24-7-6-12(28-14)16(20,21)22/h6-7,10-11H,2-5,8-9H2,1H3,(H2,23,25,27)(H,24,26,28). The molecule has 0 radical (unpaired) electrons. The molecular formula is C16H22F6N6. The summed E-state index contributed by atoms with van der Waals surface area (Å²) in [6.07, 6.45) is -6.75. The Kier molecular flexibility index (Phi) is 7.30. The number of alkyl halides is 6. The largest absolute Gasteiger partial charge is 0.433 e. The molecule has 1 saturated carbocycles. The number of hydrogen-bond donors (Lipinski definition) is 3. The highest BCUT2D eigenvalue weighted by Crippen LogP contribution is 2.37. The first kappa shape index (κ1) is 22.0. The molecule has 6 nitrogen and oxygen atoms in total. The Morgan fingerprint density at radius 3 is 2.36 bits per heavy atom. The van der Waals surface area contributed by atoms with Crippen LogP contribution in [0.25, 0.3) is 0 Å². The predicted octanol–water partition coefficient (Wildman–Crippen LogP) is 3.19. The molecule has 3 N–H and O–H groups in total. The SMILES string of the molecule is CN=C(NCCNc1nccc(C(F)(F)F)n1)NC1CCC(C(F)(F)F)CC1. The van der Waals surface area contributed by atoms with E-state index in [4.69, 9.17) is 0 Å². The lowest BCUT2D eigenvalue weighted by Gasteiger charge is -2.31. The molecule has 158 valence electrons. The molecule has 0 spiro atoms. The first-order valence-corrected chi connectivity index (χ1v) is 8.77. The van der Waals surface area contributed by atoms with Gasteiger partial charge in [0.05, 0.1) is 5.92 Å². The highest BCUT2D eigenvalue weighted by atomic mass is 19.4. The minimum absolute atomic E-state index is 0.0760. The number of nitrogens with zero attached hydrogens (tertiary/aromatic N) is 3. The molecule has 1 aromatic rings. The van der Waals surface area contributed by atoms with Gasteiger partial charge in [-0.1, -0.05) is 0 Å². The smallest absolute Gasteiger partial charge is 0.355 e. The lowest BCUT2D eigenvalue weighted by molar-refractivity contribution is -0.182. The molecule has 1 heterocycles. The number of guanidine groups is 1. The van der Waals surface area contributed by atoms with E-state index in [0.29, 0.717) is 25.3 Å². The molecule has 1 aliphatic rings. The van der Waals surface area contributed by atoms with Crippen LogP contribution < -0.4 is 16.0 Å². The molecule has 0 saturated heterocycles. The first-order chi connectivity index (χ1) is 13.1. The fourth-order valence-electron chi connectivity index (χ4n) is 2.91. The third kappa shape index (κ3) is 6.71. The van der Waals surface area contributed by atoms with Crippen LogP contribution in [0.3, 0.4) is 0 Å². The summed E-state index contributed by atoms with van der Waals surface area (Å²) in [5, 5.41) is 8.69. The number of anilines is 1. The maximum Gasteiger partial charge on any atom is 0.433 e. The molecule has 0 bridgehead atoms. The van der Waals surface area contributed by atoms with Gasteiger partial charge in [-0.2, -0.15) is 26.3 Å². The summed E-state index contributed by atoms with van der Waals surface area (Å²) in [5.41, 5.74) is -1.04. The van der Waals surface area contributed by atoms with Gasteiger partial charge in [0.1, 0.15) is 5.69 Å². The fraction of sp³-hybridized carbons (Fsp3) is 0.688. The molecule has 2 rings (SSSR count). The van der Waals surface area contributed by atoms with Crippen LogP contribution in [0.1, 0.15) is 31.4 Å². The second kappa shape index (κ2) is 9.28. The topological polar surface area (TPSA) is 74.2 Å². The van der Waals surface area contributed by atoms with Crippen LogP contribution in [0, 0.1) is 5.92 Å². The summed E-state index contributed by atoms with van der Waals surface area (Å²) in [5.74, 6) is -0.982. The van der Waals surface area contributed by atoms with E-state index >= 15 is 0 Å². The van der Waals surface area contributed by atoms with Crippen molar-refractivity contribution in [3.63, 3.8) is 0 Å². The van der Waals surface area contributed by atoms with E-state index in [9.17, 15) is 26.3 Å². The second-order valence-electron chi connectivity index (χ2n) is 6.42. The Labute approximate surface area is 158 Å². The van der Waals surface area contributed by atoms with Gasteiger partial charge < -0.3 is 16.0 Å². The highest BCUT2D eigenvalue weighted by molar-refractivity contribution is 5.79. The summed E-state index contributed by atoms with van der Waals surface area (Å²) in [7, 11) is 1.53. The zero-order chi connectivity index (χ0) is 20.8. The second-order valence-corrected chi connectivity index (χ2v) is 6.42. The van der Waals surface area contributed by atoms with Crippen molar-refractivity contribution in [1.29, 1.82) is 0 Å². The molecular weight excluding hydrogens is 390 g/mol. The van der Waals surface area contributed by atoms with Crippen molar-refractivity contribution >= 4 is 11.9 Å². The van der Waals surface area contributed by atoms with Crippen LogP contribution in [-0.4, -0.2) is 48.3 Å². The van der Waals surface area contributed by atoms with Gasteiger partial charge in [-0.25, -0.2) is 9.97 Å². The van der Waals surface area contributed by atoms with Gasteiger partial charge in [-0.05, 0) is 31.7 Å². The normalized spacial score (nSPS) is 21.3. The highest BCUT2D eigenvalue weighted by Gasteiger charge is 2.41. The van der Waals surface area contributed by atoms with E-state index in [1.165, 1.54) is 7.05 Å². The first-order valence-electron chi connectivity index (χ1n) is 8.77. The van der Waals surface area contributed by atoms with Gasteiger partial charge in [0, 0.05) is 32.4 Å². The average molecular weight is 412 g/mol. The fourth-order valence-corrected chi connectivity index (χ4v) is 2.91. The number of hydrogen-bond acceptors (Lipinski definition) is 4. The predicted molar refractivity (Wildman–Crippen MR) is 91.8 cm³/mol. The number of rotatable bonds is 5. The monoisotopic (exact) mass is 412 g/mol. The van der Waals surface area contributed by atoms with E-state index in [-0.39, 0.29) is 31.4 Å². The third-order valence-electron chi connectivity index (χ3n) is 4.40. The molecule has 0 aromatic carbocycles. The molecule has 0 unspecified atom stereocenters. The van der Waals surface area contributed by atoms with E-state index in [1.807, 2.05) is 0 Å². The molecule has 1 fully saturated rings. The minimum Gasteiger partial charge on any atom is -0.355 e. The average Bonchev–Trinajstić information content (AvgIpc) is 2.63. The number of aromatic nitrogens is 2. The molecule has 1 aliphatic carbocycles. The molecule has 28 heavy (non-hydrogen) atoms. The minimum atomic E-state index is -4.55. The molecule has 1 aromatic heterocycles. The van der Waals surface area contributed by atoms with Gasteiger partial charge in [0.2, 0.25) is 5.95 Å². The zero-order valence-electron chi connectivity index (χ0n) is 15.2. The van der Waals surface area contributed by atoms with Crippen LogP contribution in [-0.2, 0) is 6.18 Å². The van der Waals surface area contributed by atoms with Crippen LogP contribution in [0.2, 0.25) is 0 Å². The van der Waals surface area contributed by atoms with Gasteiger partial charge in [-0.15, -0.1) is 0 Å². The summed E-state index contributed by atoms with van der Waals surface area (Å²) in [6, 6.07) is 0.674. The number of nitrogens with one attached hydrogen (secondary N) is 3. The van der Waals surface area contributed by atoms with Gasteiger partial charge in [0.25, 0.3) is 0 Å². The Bertz CT molecular complexity index is 652. The van der Waals surface area contributed by atoms with Gasteiger partial charge in [-0.3, -0.25) is 4.99 Å². The van der Waals surface area contributed by atoms with Crippen molar-refractivity contribution in [2.75, 3.05) is 25.5 Å². The quantitative estimate of drug-likeness (QED) is 0.300. The van der Waals surface area contributed by atoms with Gasteiger partial charge >= 0.3 is 12.4 Å². The summed E-state index contributed by atoms with van der Waals surface area (Å²) in [6.45, 7) is 0.528. The van der Waals surface area contributed by atoms with E-state index in [0.717, 1.165) is 12.3 Å². The van der Waals surface area contributed by atoms with E-state index < -0.39 is 24.0 Å².